The van der Waals surface area contributed by atoms with E-state index in [9.17, 15) is 9.18 Å². The fourth-order valence-corrected chi connectivity index (χ4v) is 3.73. The summed E-state index contributed by atoms with van der Waals surface area (Å²) in [4.78, 5) is 18.9. The van der Waals surface area contributed by atoms with E-state index in [2.05, 4.69) is 10.1 Å². The van der Waals surface area contributed by atoms with Crippen molar-refractivity contribution in [2.45, 2.75) is 25.7 Å². The summed E-state index contributed by atoms with van der Waals surface area (Å²) in [6, 6.07) is 13.8. The second-order valence-corrected chi connectivity index (χ2v) is 7.57. The number of likely N-dealkylation sites (tertiary alicyclic amines) is 1. The molecule has 6 nitrogen and oxygen atoms in total. The largest absolute Gasteiger partial charge is 0.497 e. The molecule has 1 amide bonds. The fraction of sp³-hybridized carbons (Fsp3) is 0.348. The van der Waals surface area contributed by atoms with Gasteiger partial charge < -0.3 is 14.2 Å². The number of amides is 1. The highest BCUT2D eigenvalue weighted by Gasteiger charge is 2.27. The first-order valence-electron chi connectivity index (χ1n) is 10.1. The lowest BCUT2D eigenvalue weighted by molar-refractivity contribution is -0.130. The summed E-state index contributed by atoms with van der Waals surface area (Å²) in [6.45, 7) is 1.47. The number of aromatic nitrogens is 2. The third kappa shape index (κ3) is 4.84. The Labute approximate surface area is 174 Å². The molecular formula is C23H24FN3O3. The van der Waals surface area contributed by atoms with Crippen LogP contribution < -0.4 is 4.74 Å². The highest BCUT2D eigenvalue weighted by atomic mass is 19.1. The van der Waals surface area contributed by atoms with E-state index in [1.807, 2.05) is 29.2 Å². The van der Waals surface area contributed by atoms with E-state index in [1.165, 1.54) is 12.1 Å². The van der Waals surface area contributed by atoms with Gasteiger partial charge in [-0.1, -0.05) is 17.3 Å². The van der Waals surface area contributed by atoms with Crippen LogP contribution in [-0.4, -0.2) is 41.1 Å². The van der Waals surface area contributed by atoms with Crippen LogP contribution in [0.1, 0.15) is 24.2 Å². The molecule has 0 N–H and O–H groups in total. The maximum atomic E-state index is 13.1. The average molecular weight is 409 g/mol. The van der Waals surface area contributed by atoms with Gasteiger partial charge in [-0.05, 0) is 60.7 Å². The maximum absolute atomic E-state index is 13.1. The van der Waals surface area contributed by atoms with Crippen molar-refractivity contribution in [1.29, 1.82) is 0 Å². The molecule has 7 heteroatoms. The van der Waals surface area contributed by atoms with Crippen molar-refractivity contribution in [1.82, 2.24) is 15.0 Å². The van der Waals surface area contributed by atoms with Crippen molar-refractivity contribution in [2.24, 2.45) is 5.92 Å². The molecule has 1 saturated heterocycles. The number of carbonyl (C=O) groups is 1. The molecule has 0 saturated carbocycles. The van der Waals surface area contributed by atoms with Crippen LogP contribution in [-0.2, 0) is 17.6 Å². The number of benzene rings is 2. The van der Waals surface area contributed by atoms with Crippen molar-refractivity contribution < 1.29 is 18.4 Å². The van der Waals surface area contributed by atoms with Gasteiger partial charge in [0.25, 0.3) is 5.89 Å². The summed E-state index contributed by atoms with van der Waals surface area (Å²) >= 11 is 0. The minimum Gasteiger partial charge on any atom is -0.497 e. The predicted molar refractivity (Wildman–Crippen MR) is 109 cm³/mol. The lowest BCUT2D eigenvalue weighted by atomic mass is 10.0. The molecule has 1 aromatic heterocycles. The van der Waals surface area contributed by atoms with Crippen molar-refractivity contribution in [3.63, 3.8) is 0 Å². The molecule has 3 aromatic rings. The van der Waals surface area contributed by atoms with E-state index < -0.39 is 0 Å². The van der Waals surface area contributed by atoms with Crippen molar-refractivity contribution in [3.05, 3.63) is 65.7 Å². The van der Waals surface area contributed by atoms with Gasteiger partial charge in [-0.3, -0.25) is 4.79 Å². The van der Waals surface area contributed by atoms with Crippen molar-refractivity contribution >= 4 is 5.91 Å². The summed E-state index contributed by atoms with van der Waals surface area (Å²) in [5.41, 5.74) is 1.82. The Balaban J connectivity index is 1.27. The molecule has 1 atom stereocenters. The minimum absolute atomic E-state index is 0.174. The standard InChI is InChI=1S/C23H24FN3O3/c1-29-20-9-2-16(3-10-20)4-11-22(28)27-13-12-17(15-27)14-21-25-23(30-26-21)18-5-7-19(24)8-6-18/h2-3,5-10,17H,4,11-15H2,1H3. The first kappa shape index (κ1) is 20.1. The second-order valence-electron chi connectivity index (χ2n) is 7.57. The molecular weight excluding hydrogens is 385 g/mol. The molecule has 0 aliphatic carbocycles. The van der Waals surface area contributed by atoms with E-state index in [0.29, 0.717) is 42.6 Å². The smallest absolute Gasteiger partial charge is 0.257 e. The molecule has 1 unspecified atom stereocenters. The van der Waals surface area contributed by atoms with Crippen LogP contribution >= 0.6 is 0 Å². The number of carbonyl (C=O) groups excluding carboxylic acids is 1. The summed E-state index contributed by atoms with van der Waals surface area (Å²) in [5.74, 6) is 2.00. The number of rotatable bonds is 7. The highest BCUT2D eigenvalue weighted by Crippen LogP contribution is 2.23. The zero-order chi connectivity index (χ0) is 20.9. The number of hydrogen-bond donors (Lipinski definition) is 0. The summed E-state index contributed by atoms with van der Waals surface area (Å²) < 4.78 is 23.5. The molecule has 2 heterocycles. The van der Waals surface area contributed by atoms with Gasteiger partial charge in [0.05, 0.1) is 7.11 Å². The SMILES string of the molecule is COc1ccc(CCC(=O)N2CCC(Cc3noc(-c4ccc(F)cc4)n3)C2)cc1. The number of aryl methyl sites for hydroxylation is 1. The molecule has 0 spiro atoms. The van der Waals surface area contributed by atoms with E-state index >= 15 is 0 Å². The normalized spacial score (nSPS) is 16.1. The van der Waals surface area contributed by atoms with E-state index in [-0.39, 0.29) is 11.7 Å². The topological polar surface area (TPSA) is 68.5 Å². The summed E-state index contributed by atoms with van der Waals surface area (Å²) in [7, 11) is 1.64. The molecule has 2 aromatic carbocycles. The quantitative estimate of drug-likeness (QED) is 0.592. The highest BCUT2D eigenvalue weighted by molar-refractivity contribution is 5.76. The Hall–Kier alpha value is -3.22. The van der Waals surface area contributed by atoms with E-state index in [4.69, 9.17) is 9.26 Å². The lowest BCUT2D eigenvalue weighted by Crippen LogP contribution is -2.29. The van der Waals surface area contributed by atoms with E-state index in [1.54, 1.807) is 19.2 Å². The van der Waals surface area contributed by atoms with Crippen LogP contribution in [0.4, 0.5) is 4.39 Å². The van der Waals surface area contributed by atoms with Gasteiger partial charge in [0.2, 0.25) is 5.91 Å². The van der Waals surface area contributed by atoms with Crippen LogP contribution in [0.15, 0.2) is 53.1 Å². The van der Waals surface area contributed by atoms with Gasteiger partial charge >= 0.3 is 0 Å². The number of methoxy groups -OCH3 is 1. The zero-order valence-corrected chi connectivity index (χ0v) is 16.9. The lowest BCUT2D eigenvalue weighted by Gasteiger charge is -2.16. The molecule has 0 radical (unpaired) electrons. The number of nitrogens with zero attached hydrogens (tertiary/aromatic N) is 3. The zero-order valence-electron chi connectivity index (χ0n) is 16.9. The third-order valence-corrected chi connectivity index (χ3v) is 5.46. The Bertz CT molecular complexity index is 986. The Kier molecular flexibility index (Phi) is 6.07. The maximum Gasteiger partial charge on any atom is 0.257 e. The number of halogens is 1. The van der Waals surface area contributed by atoms with Crippen LogP contribution in [0.25, 0.3) is 11.5 Å². The van der Waals surface area contributed by atoms with Gasteiger partial charge in [0.15, 0.2) is 5.82 Å². The van der Waals surface area contributed by atoms with Gasteiger partial charge in [0.1, 0.15) is 11.6 Å². The summed E-state index contributed by atoms with van der Waals surface area (Å²) in [5, 5.41) is 4.04. The van der Waals surface area contributed by atoms with Crippen molar-refractivity contribution in [2.75, 3.05) is 20.2 Å². The Morgan fingerprint density at radius 3 is 2.70 bits per heavy atom. The second kappa shape index (κ2) is 9.07. The fourth-order valence-electron chi connectivity index (χ4n) is 3.73. The molecule has 30 heavy (non-hydrogen) atoms. The third-order valence-electron chi connectivity index (χ3n) is 5.46. The summed E-state index contributed by atoms with van der Waals surface area (Å²) in [6.07, 6.45) is 2.80. The van der Waals surface area contributed by atoms with E-state index in [0.717, 1.165) is 30.7 Å². The van der Waals surface area contributed by atoms with Gasteiger partial charge in [-0.2, -0.15) is 4.98 Å². The molecule has 1 aliphatic rings. The van der Waals surface area contributed by atoms with Crippen LogP contribution in [0.5, 0.6) is 5.75 Å². The predicted octanol–water partition coefficient (Wildman–Crippen LogP) is 3.91. The molecule has 0 bridgehead atoms. The minimum atomic E-state index is -0.304. The Morgan fingerprint density at radius 1 is 1.20 bits per heavy atom. The van der Waals surface area contributed by atoms with Crippen LogP contribution in [0.2, 0.25) is 0 Å². The average Bonchev–Trinajstić information content (AvgIpc) is 3.43. The molecule has 1 aliphatic heterocycles. The molecule has 4 rings (SSSR count). The van der Waals surface area contributed by atoms with Gasteiger partial charge in [-0.25, -0.2) is 4.39 Å². The first-order valence-corrected chi connectivity index (χ1v) is 10.1. The monoisotopic (exact) mass is 409 g/mol. The van der Waals surface area contributed by atoms with Crippen LogP contribution in [0.3, 0.4) is 0 Å². The van der Waals surface area contributed by atoms with Crippen molar-refractivity contribution in [3.8, 4) is 17.2 Å². The molecule has 156 valence electrons. The Morgan fingerprint density at radius 2 is 1.97 bits per heavy atom. The number of hydrogen-bond acceptors (Lipinski definition) is 5. The van der Waals surface area contributed by atoms with Gasteiger partial charge in [0, 0.05) is 31.5 Å². The number of ether oxygens (including phenoxy) is 1. The van der Waals surface area contributed by atoms with Gasteiger partial charge in [-0.15, -0.1) is 0 Å². The first-order chi connectivity index (χ1) is 14.6. The molecule has 1 fully saturated rings. The van der Waals surface area contributed by atoms with Crippen LogP contribution in [0, 0.1) is 11.7 Å².